The average molecular weight is 351 g/mol. The van der Waals surface area contributed by atoms with Crippen LogP contribution in [0.15, 0.2) is 24.3 Å². The number of aromatic nitrogens is 3. The Morgan fingerprint density at radius 3 is 2.92 bits per heavy atom. The first-order chi connectivity index (χ1) is 12.6. The van der Waals surface area contributed by atoms with Crippen LogP contribution in [0.2, 0.25) is 0 Å². The molecule has 4 rings (SSSR count). The van der Waals surface area contributed by atoms with Crippen LogP contribution in [-0.2, 0) is 11.2 Å². The summed E-state index contributed by atoms with van der Waals surface area (Å²) in [5.74, 6) is 0.234. The molecule has 1 saturated heterocycles. The quantitative estimate of drug-likeness (QED) is 0.786. The third-order valence-electron chi connectivity index (χ3n) is 5.30. The van der Waals surface area contributed by atoms with Gasteiger partial charge in [-0.05, 0) is 50.9 Å². The largest absolute Gasteiger partial charge is 0.341 e. The summed E-state index contributed by atoms with van der Waals surface area (Å²) in [5.41, 5.74) is 5.05. The van der Waals surface area contributed by atoms with E-state index in [1.807, 2.05) is 34.5 Å². The number of nitrogens with one attached hydrogen (secondary N) is 1. The van der Waals surface area contributed by atoms with E-state index in [9.17, 15) is 4.79 Å². The number of carbonyl (C=O) groups is 1. The van der Waals surface area contributed by atoms with Crippen molar-refractivity contribution in [2.45, 2.75) is 33.1 Å². The molecule has 0 bridgehead atoms. The number of hydrogen-bond donors (Lipinski definition) is 1. The van der Waals surface area contributed by atoms with Crippen molar-refractivity contribution in [3.8, 4) is 0 Å². The average Bonchev–Trinajstić information content (AvgIpc) is 2.82. The van der Waals surface area contributed by atoms with E-state index >= 15 is 0 Å². The van der Waals surface area contributed by atoms with Gasteiger partial charge in [0.05, 0.1) is 5.52 Å². The van der Waals surface area contributed by atoms with Gasteiger partial charge in [0.25, 0.3) is 0 Å². The highest BCUT2D eigenvalue weighted by Crippen LogP contribution is 2.23. The second-order valence-corrected chi connectivity index (χ2v) is 7.00. The fourth-order valence-corrected chi connectivity index (χ4v) is 3.82. The molecule has 0 unspecified atom stereocenters. The molecular weight excluding hydrogens is 326 g/mol. The molecule has 0 spiro atoms. The van der Waals surface area contributed by atoms with E-state index in [4.69, 9.17) is 10.1 Å². The van der Waals surface area contributed by atoms with Crippen LogP contribution in [0, 0.1) is 13.8 Å². The molecule has 2 aromatic heterocycles. The van der Waals surface area contributed by atoms with Gasteiger partial charge in [-0.25, -0.2) is 9.50 Å². The molecule has 1 aliphatic rings. The number of aryl methyl sites for hydroxylation is 2. The van der Waals surface area contributed by atoms with Gasteiger partial charge < -0.3 is 10.2 Å². The molecule has 0 aliphatic carbocycles. The minimum atomic E-state index is 0.234. The van der Waals surface area contributed by atoms with Crippen LogP contribution in [0.5, 0.6) is 0 Å². The number of rotatable bonds is 3. The van der Waals surface area contributed by atoms with Gasteiger partial charge in [0, 0.05) is 42.8 Å². The molecule has 26 heavy (non-hydrogen) atoms. The monoisotopic (exact) mass is 351 g/mol. The van der Waals surface area contributed by atoms with Gasteiger partial charge in [-0.15, -0.1) is 0 Å². The number of carbonyl (C=O) groups excluding carboxylic acids is 1. The molecule has 0 atom stereocenters. The van der Waals surface area contributed by atoms with Crippen molar-refractivity contribution in [1.82, 2.24) is 24.8 Å². The van der Waals surface area contributed by atoms with E-state index in [0.29, 0.717) is 12.8 Å². The van der Waals surface area contributed by atoms with Crippen LogP contribution in [0.25, 0.3) is 16.6 Å². The minimum Gasteiger partial charge on any atom is -0.341 e. The van der Waals surface area contributed by atoms with Crippen LogP contribution in [0.1, 0.15) is 29.8 Å². The number of amides is 1. The van der Waals surface area contributed by atoms with Gasteiger partial charge in [0.1, 0.15) is 0 Å². The molecule has 1 amide bonds. The van der Waals surface area contributed by atoms with Crippen molar-refractivity contribution in [2.75, 3.05) is 26.2 Å². The molecule has 1 N–H and O–H groups in total. The van der Waals surface area contributed by atoms with Crippen LogP contribution in [0.3, 0.4) is 0 Å². The zero-order chi connectivity index (χ0) is 18.1. The lowest BCUT2D eigenvalue weighted by molar-refractivity contribution is -0.130. The first kappa shape index (κ1) is 17.0. The van der Waals surface area contributed by atoms with Gasteiger partial charge in [0.15, 0.2) is 5.65 Å². The summed E-state index contributed by atoms with van der Waals surface area (Å²) in [6, 6.07) is 8.07. The second-order valence-electron chi connectivity index (χ2n) is 7.00. The van der Waals surface area contributed by atoms with Crippen molar-refractivity contribution < 1.29 is 4.79 Å². The summed E-state index contributed by atoms with van der Waals surface area (Å²) in [5, 5.41) is 9.11. The standard InChI is InChI=1S/C20H25N5O/c1-14-16(8-9-19(26)24-12-5-10-21-11-13-24)15(2)25-20(22-14)17-6-3-4-7-18(17)23-25/h3-4,6-7,21H,5,8-13H2,1-2H3. The van der Waals surface area contributed by atoms with Crippen molar-refractivity contribution >= 4 is 22.5 Å². The molecule has 0 radical (unpaired) electrons. The Kier molecular flexibility index (Phi) is 4.59. The lowest BCUT2D eigenvalue weighted by Gasteiger charge is -2.20. The fourth-order valence-electron chi connectivity index (χ4n) is 3.82. The minimum absolute atomic E-state index is 0.234. The van der Waals surface area contributed by atoms with Crippen molar-refractivity contribution in [3.63, 3.8) is 0 Å². The third-order valence-corrected chi connectivity index (χ3v) is 5.30. The number of benzene rings is 1. The Balaban J connectivity index is 1.60. The summed E-state index contributed by atoms with van der Waals surface area (Å²) in [4.78, 5) is 19.4. The summed E-state index contributed by atoms with van der Waals surface area (Å²) >= 11 is 0. The highest BCUT2D eigenvalue weighted by molar-refractivity contribution is 5.92. The zero-order valence-corrected chi connectivity index (χ0v) is 15.5. The molecule has 0 saturated carbocycles. The number of nitrogens with zero attached hydrogens (tertiary/aromatic N) is 4. The maximum absolute atomic E-state index is 12.6. The first-order valence-electron chi connectivity index (χ1n) is 9.37. The predicted molar refractivity (Wildman–Crippen MR) is 102 cm³/mol. The summed E-state index contributed by atoms with van der Waals surface area (Å²) in [6.45, 7) is 7.64. The smallest absolute Gasteiger partial charge is 0.222 e. The molecule has 3 heterocycles. The predicted octanol–water partition coefficient (Wildman–Crippen LogP) is 2.25. The lowest BCUT2D eigenvalue weighted by atomic mass is 10.1. The third kappa shape index (κ3) is 3.05. The molecule has 6 nitrogen and oxygen atoms in total. The number of fused-ring (bicyclic) bond motifs is 3. The maximum atomic E-state index is 12.6. The number of hydrogen-bond acceptors (Lipinski definition) is 4. The Labute approximate surface area is 153 Å². The highest BCUT2D eigenvalue weighted by atomic mass is 16.2. The van der Waals surface area contributed by atoms with Crippen LogP contribution in [0.4, 0.5) is 0 Å². The van der Waals surface area contributed by atoms with Gasteiger partial charge in [-0.1, -0.05) is 12.1 Å². The second kappa shape index (κ2) is 7.03. The summed E-state index contributed by atoms with van der Waals surface area (Å²) in [7, 11) is 0. The maximum Gasteiger partial charge on any atom is 0.222 e. The van der Waals surface area contributed by atoms with Gasteiger partial charge in [0.2, 0.25) is 5.91 Å². The Hall–Kier alpha value is -2.47. The molecular formula is C20H25N5O. The van der Waals surface area contributed by atoms with Crippen LogP contribution in [-0.4, -0.2) is 51.6 Å². The molecule has 3 aromatic rings. The molecule has 136 valence electrons. The molecule has 1 aliphatic heterocycles. The summed E-state index contributed by atoms with van der Waals surface area (Å²) in [6.07, 6.45) is 2.26. The van der Waals surface area contributed by atoms with Gasteiger partial charge in [-0.3, -0.25) is 4.79 Å². The Morgan fingerprint density at radius 2 is 2.04 bits per heavy atom. The van der Waals surface area contributed by atoms with Crippen LogP contribution >= 0.6 is 0 Å². The Morgan fingerprint density at radius 1 is 1.19 bits per heavy atom. The SMILES string of the molecule is Cc1nc2c3ccccc3nn2c(C)c1CCC(=O)N1CCCNCC1. The highest BCUT2D eigenvalue weighted by Gasteiger charge is 2.18. The van der Waals surface area contributed by atoms with Gasteiger partial charge >= 0.3 is 0 Å². The van der Waals surface area contributed by atoms with E-state index < -0.39 is 0 Å². The zero-order valence-electron chi connectivity index (χ0n) is 15.5. The lowest BCUT2D eigenvalue weighted by Crippen LogP contribution is -2.34. The molecule has 6 heteroatoms. The van der Waals surface area contributed by atoms with Gasteiger partial charge in [-0.2, -0.15) is 5.10 Å². The van der Waals surface area contributed by atoms with E-state index in [1.165, 1.54) is 0 Å². The van der Waals surface area contributed by atoms with E-state index in [-0.39, 0.29) is 5.91 Å². The van der Waals surface area contributed by atoms with Crippen LogP contribution < -0.4 is 5.32 Å². The van der Waals surface area contributed by atoms with Crippen molar-refractivity contribution in [2.24, 2.45) is 0 Å². The molecule has 1 aromatic carbocycles. The normalized spacial score (nSPS) is 15.5. The van der Waals surface area contributed by atoms with Crippen molar-refractivity contribution in [1.29, 1.82) is 0 Å². The van der Waals surface area contributed by atoms with E-state index in [2.05, 4.69) is 18.3 Å². The fraction of sp³-hybridized carbons (Fsp3) is 0.450. The molecule has 1 fully saturated rings. The van der Waals surface area contributed by atoms with Crippen molar-refractivity contribution in [3.05, 3.63) is 41.2 Å². The van der Waals surface area contributed by atoms with E-state index in [1.54, 1.807) is 0 Å². The summed E-state index contributed by atoms with van der Waals surface area (Å²) < 4.78 is 1.92. The first-order valence-corrected chi connectivity index (χ1v) is 9.37. The topological polar surface area (TPSA) is 62.5 Å². The Bertz CT molecular complexity index is 954. The van der Waals surface area contributed by atoms with E-state index in [0.717, 1.165) is 66.1 Å².